The third kappa shape index (κ3) is 4.24. The Kier molecular flexibility index (Phi) is 5.72. The Morgan fingerprint density at radius 2 is 2.00 bits per heavy atom. The standard InChI is InChI=1S/C21H28BClN2O3/c22-15-8-16(23)20-17(24-19(26)7-14-5-3-1-2-4-6-14)10-25(18(20)9-15)11-21(27)12-28-13-21/h8-10,14,27H,1-7,11-13,22H2,(H,24,26). The minimum absolute atomic E-state index is 0.0493. The van der Waals surface area contributed by atoms with Crippen LogP contribution in [-0.2, 0) is 16.1 Å². The summed E-state index contributed by atoms with van der Waals surface area (Å²) < 4.78 is 7.16. The molecule has 0 bridgehead atoms. The minimum atomic E-state index is -0.857. The van der Waals surface area contributed by atoms with Gasteiger partial charge in [0.05, 0.1) is 36.0 Å². The van der Waals surface area contributed by atoms with Gasteiger partial charge in [0, 0.05) is 18.0 Å². The molecule has 0 spiro atoms. The third-order valence-corrected chi connectivity index (χ3v) is 6.30. The van der Waals surface area contributed by atoms with Crippen LogP contribution in [0.2, 0.25) is 5.02 Å². The predicted octanol–water partition coefficient (Wildman–Crippen LogP) is 2.61. The maximum Gasteiger partial charge on any atom is 0.224 e. The largest absolute Gasteiger partial charge is 0.383 e. The van der Waals surface area contributed by atoms with E-state index in [2.05, 4.69) is 5.32 Å². The number of benzene rings is 1. The molecule has 0 atom stereocenters. The Morgan fingerprint density at radius 3 is 2.64 bits per heavy atom. The first kappa shape index (κ1) is 19.8. The first-order chi connectivity index (χ1) is 13.4. The molecule has 1 saturated heterocycles. The van der Waals surface area contributed by atoms with Gasteiger partial charge in [-0.3, -0.25) is 4.79 Å². The highest BCUT2D eigenvalue weighted by molar-refractivity contribution is 6.41. The number of aliphatic hydroxyl groups is 1. The van der Waals surface area contributed by atoms with E-state index in [1.54, 1.807) is 0 Å². The molecule has 0 radical (unpaired) electrons. The molecular formula is C21H28BClN2O3. The van der Waals surface area contributed by atoms with Gasteiger partial charge in [0.1, 0.15) is 13.4 Å². The average Bonchev–Trinajstić information content (AvgIpc) is 2.78. The van der Waals surface area contributed by atoms with E-state index in [0.29, 0.717) is 37.1 Å². The molecule has 1 aliphatic carbocycles. The summed E-state index contributed by atoms with van der Waals surface area (Å²) >= 11 is 6.54. The van der Waals surface area contributed by atoms with Crippen molar-refractivity contribution in [1.82, 2.24) is 4.57 Å². The van der Waals surface area contributed by atoms with Crippen LogP contribution < -0.4 is 10.8 Å². The zero-order valence-electron chi connectivity index (χ0n) is 16.5. The van der Waals surface area contributed by atoms with Gasteiger partial charge in [-0.15, -0.1) is 0 Å². The molecule has 2 aliphatic rings. The molecule has 0 unspecified atom stereocenters. The quantitative estimate of drug-likeness (QED) is 0.597. The number of halogens is 1. The molecule has 7 heteroatoms. The molecule has 5 nitrogen and oxygen atoms in total. The fraction of sp³-hybridized carbons (Fsp3) is 0.571. The lowest BCUT2D eigenvalue weighted by Crippen LogP contribution is -2.52. The van der Waals surface area contributed by atoms with Gasteiger partial charge >= 0.3 is 0 Å². The molecule has 2 fully saturated rings. The maximum absolute atomic E-state index is 12.7. The zero-order chi connectivity index (χ0) is 19.7. The Morgan fingerprint density at radius 1 is 1.29 bits per heavy atom. The molecule has 2 N–H and O–H groups in total. The summed E-state index contributed by atoms with van der Waals surface area (Å²) in [6.45, 7) is 1.08. The number of amides is 1. The van der Waals surface area contributed by atoms with E-state index in [1.807, 2.05) is 30.7 Å². The first-order valence-corrected chi connectivity index (χ1v) is 10.7. The van der Waals surface area contributed by atoms with E-state index in [-0.39, 0.29) is 5.91 Å². The average molecular weight is 403 g/mol. The van der Waals surface area contributed by atoms with E-state index in [4.69, 9.17) is 16.3 Å². The monoisotopic (exact) mass is 402 g/mol. The maximum atomic E-state index is 12.7. The molecular weight excluding hydrogens is 375 g/mol. The highest BCUT2D eigenvalue weighted by Gasteiger charge is 2.37. The number of hydrogen-bond acceptors (Lipinski definition) is 3. The van der Waals surface area contributed by atoms with Gasteiger partial charge in [-0.2, -0.15) is 0 Å². The van der Waals surface area contributed by atoms with E-state index in [1.165, 1.54) is 25.7 Å². The van der Waals surface area contributed by atoms with E-state index in [9.17, 15) is 9.90 Å². The molecule has 28 heavy (non-hydrogen) atoms. The van der Waals surface area contributed by atoms with Crippen LogP contribution >= 0.6 is 11.6 Å². The van der Waals surface area contributed by atoms with Crippen LogP contribution in [0.3, 0.4) is 0 Å². The smallest absolute Gasteiger partial charge is 0.224 e. The molecule has 1 aromatic heterocycles. The van der Waals surface area contributed by atoms with Gasteiger partial charge in [0.2, 0.25) is 5.91 Å². The van der Waals surface area contributed by atoms with Crippen molar-refractivity contribution in [2.75, 3.05) is 18.5 Å². The van der Waals surface area contributed by atoms with Crippen molar-refractivity contribution in [3.8, 4) is 0 Å². The van der Waals surface area contributed by atoms with Crippen LogP contribution in [0.5, 0.6) is 0 Å². The normalized spacial score (nSPS) is 19.9. The topological polar surface area (TPSA) is 63.5 Å². The lowest BCUT2D eigenvalue weighted by molar-refractivity contribution is -0.184. The number of carbonyl (C=O) groups excluding carboxylic acids is 1. The highest BCUT2D eigenvalue weighted by atomic mass is 35.5. The summed E-state index contributed by atoms with van der Waals surface area (Å²) in [5, 5.41) is 15.1. The number of ether oxygens (including phenoxy) is 1. The van der Waals surface area contributed by atoms with Crippen molar-refractivity contribution in [1.29, 1.82) is 0 Å². The van der Waals surface area contributed by atoms with Gasteiger partial charge in [-0.1, -0.05) is 42.7 Å². The van der Waals surface area contributed by atoms with Crippen molar-refractivity contribution < 1.29 is 14.6 Å². The van der Waals surface area contributed by atoms with Gasteiger partial charge in [-0.05, 0) is 30.9 Å². The van der Waals surface area contributed by atoms with Crippen LogP contribution in [-0.4, -0.2) is 42.2 Å². The summed E-state index contributed by atoms with van der Waals surface area (Å²) in [7, 11) is 1.99. The Labute approximate surface area is 171 Å². The van der Waals surface area contributed by atoms with Crippen molar-refractivity contribution >= 4 is 47.4 Å². The first-order valence-electron chi connectivity index (χ1n) is 10.3. The Hall–Kier alpha value is -1.50. The lowest BCUT2D eigenvalue weighted by Gasteiger charge is -2.36. The van der Waals surface area contributed by atoms with Crippen molar-refractivity contribution in [3.05, 3.63) is 23.4 Å². The number of fused-ring (bicyclic) bond motifs is 1. The number of anilines is 1. The van der Waals surface area contributed by atoms with E-state index < -0.39 is 5.60 Å². The van der Waals surface area contributed by atoms with Gasteiger partial charge in [0.25, 0.3) is 0 Å². The lowest BCUT2D eigenvalue weighted by atomic mass is 9.95. The Balaban J connectivity index is 1.58. The zero-order valence-corrected chi connectivity index (χ0v) is 17.2. The summed E-state index contributed by atoms with van der Waals surface area (Å²) in [6.07, 6.45) is 9.77. The van der Waals surface area contributed by atoms with E-state index in [0.717, 1.165) is 34.9 Å². The predicted molar refractivity (Wildman–Crippen MR) is 115 cm³/mol. The number of aromatic nitrogens is 1. The fourth-order valence-electron chi connectivity index (χ4n) is 4.51. The molecule has 4 rings (SSSR count). The summed E-state index contributed by atoms with van der Waals surface area (Å²) in [5.41, 5.74) is 1.84. The van der Waals surface area contributed by atoms with Crippen LogP contribution in [0, 0.1) is 5.92 Å². The molecule has 1 saturated carbocycles. The minimum Gasteiger partial charge on any atom is -0.383 e. The summed E-state index contributed by atoms with van der Waals surface area (Å²) in [4.78, 5) is 12.7. The fourth-order valence-corrected chi connectivity index (χ4v) is 4.88. The molecule has 150 valence electrons. The van der Waals surface area contributed by atoms with Gasteiger partial charge < -0.3 is 19.7 Å². The number of nitrogens with one attached hydrogen (secondary N) is 1. The van der Waals surface area contributed by atoms with Gasteiger partial charge in [-0.25, -0.2) is 0 Å². The number of hydrogen-bond donors (Lipinski definition) is 2. The summed E-state index contributed by atoms with van der Waals surface area (Å²) in [5.74, 6) is 0.523. The van der Waals surface area contributed by atoms with Crippen molar-refractivity contribution in [2.45, 2.75) is 57.1 Å². The SMILES string of the molecule is Bc1cc(Cl)c2c(NC(=O)CC3CCCCCC3)cn(CC3(O)COC3)c2c1. The van der Waals surface area contributed by atoms with Crippen molar-refractivity contribution in [3.63, 3.8) is 0 Å². The van der Waals surface area contributed by atoms with Crippen LogP contribution in [0.1, 0.15) is 44.9 Å². The van der Waals surface area contributed by atoms with E-state index >= 15 is 0 Å². The highest BCUT2D eigenvalue weighted by Crippen LogP contribution is 2.34. The molecule has 2 heterocycles. The Bertz CT molecular complexity index is 870. The number of rotatable bonds is 5. The number of carbonyl (C=O) groups is 1. The molecule has 1 aromatic carbocycles. The van der Waals surface area contributed by atoms with Crippen LogP contribution in [0.25, 0.3) is 10.9 Å². The second-order valence-corrected chi connectivity index (χ2v) is 9.05. The second-order valence-electron chi connectivity index (χ2n) is 8.64. The van der Waals surface area contributed by atoms with Gasteiger partial charge in [0.15, 0.2) is 0 Å². The number of nitrogens with zero attached hydrogens (tertiary/aromatic N) is 1. The third-order valence-electron chi connectivity index (χ3n) is 6.01. The van der Waals surface area contributed by atoms with Crippen molar-refractivity contribution in [2.24, 2.45) is 5.92 Å². The second kappa shape index (κ2) is 8.09. The van der Waals surface area contributed by atoms with Crippen LogP contribution in [0.4, 0.5) is 5.69 Å². The molecule has 1 amide bonds. The van der Waals surface area contributed by atoms with Crippen LogP contribution in [0.15, 0.2) is 18.3 Å². The molecule has 2 aromatic rings. The summed E-state index contributed by atoms with van der Waals surface area (Å²) in [6, 6.07) is 3.96. The molecule has 1 aliphatic heterocycles.